The first kappa shape index (κ1) is 17.9. The lowest BCUT2D eigenvalue weighted by Gasteiger charge is -2.29. The Labute approximate surface area is 169 Å². The average molecular weight is 390 g/mol. The van der Waals surface area contributed by atoms with Gasteiger partial charge < -0.3 is 9.64 Å². The number of hydrogen-bond donors (Lipinski definition) is 0. The molecule has 6 nitrogen and oxygen atoms in total. The van der Waals surface area contributed by atoms with Crippen molar-refractivity contribution in [3.8, 4) is 5.75 Å². The zero-order chi connectivity index (χ0) is 20.0. The summed E-state index contributed by atoms with van der Waals surface area (Å²) in [5.41, 5.74) is 1.87. The average Bonchev–Trinajstić information content (AvgIpc) is 3.03. The molecule has 3 amide bonds. The molecule has 0 atom stereocenters. The molecule has 2 aromatic rings. The molecule has 29 heavy (non-hydrogen) atoms. The predicted molar refractivity (Wildman–Crippen MR) is 107 cm³/mol. The van der Waals surface area contributed by atoms with Crippen molar-refractivity contribution in [2.24, 2.45) is 0 Å². The summed E-state index contributed by atoms with van der Waals surface area (Å²) in [5.74, 6) is -0.0237. The van der Waals surface area contributed by atoms with E-state index >= 15 is 0 Å². The van der Waals surface area contributed by atoms with Gasteiger partial charge in [0.2, 0.25) is 0 Å². The number of benzene rings is 2. The molecular formula is C23H22N2O4. The monoisotopic (exact) mass is 390 g/mol. The first-order valence-electron chi connectivity index (χ1n) is 10.2. The molecule has 6 heteroatoms. The maximum absolute atomic E-state index is 13.2. The topological polar surface area (TPSA) is 66.9 Å². The van der Waals surface area contributed by atoms with Crippen molar-refractivity contribution in [3.63, 3.8) is 0 Å². The number of fused-ring (bicyclic) bond motifs is 2. The Morgan fingerprint density at radius 1 is 0.931 bits per heavy atom. The molecule has 0 radical (unpaired) electrons. The Morgan fingerprint density at radius 2 is 1.69 bits per heavy atom. The number of carbonyl (C=O) groups is 3. The minimum atomic E-state index is -0.270. The van der Waals surface area contributed by atoms with Gasteiger partial charge in [-0.25, -0.2) is 0 Å². The van der Waals surface area contributed by atoms with Crippen LogP contribution in [0.5, 0.6) is 5.75 Å². The molecule has 1 fully saturated rings. The third kappa shape index (κ3) is 2.90. The molecular weight excluding hydrogens is 368 g/mol. The SMILES string of the molecule is O=C(c1ccc2c(c1)C(=O)N(C1CCCCC1)C2=O)N1CCOc2ccccc21. The summed E-state index contributed by atoms with van der Waals surface area (Å²) < 4.78 is 5.63. The van der Waals surface area contributed by atoms with Crippen LogP contribution in [0.15, 0.2) is 42.5 Å². The molecule has 0 bridgehead atoms. The molecule has 2 aliphatic heterocycles. The van der Waals surface area contributed by atoms with Crippen LogP contribution in [0.1, 0.15) is 63.2 Å². The van der Waals surface area contributed by atoms with Gasteiger partial charge in [0.1, 0.15) is 12.4 Å². The maximum atomic E-state index is 13.2. The van der Waals surface area contributed by atoms with Gasteiger partial charge in [-0.1, -0.05) is 31.4 Å². The quantitative estimate of drug-likeness (QED) is 0.734. The molecule has 0 spiro atoms. The van der Waals surface area contributed by atoms with Crippen molar-refractivity contribution in [2.75, 3.05) is 18.1 Å². The summed E-state index contributed by atoms with van der Waals surface area (Å²) in [6.07, 6.45) is 4.96. The Bertz CT molecular complexity index is 1010. The molecule has 1 saturated carbocycles. The predicted octanol–water partition coefficient (Wildman–Crippen LogP) is 3.65. The zero-order valence-corrected chi connectivity index (χ0v) is 16.1. The Kier molecular flexibility index (Phi) is 4.34. The number of imide groups is 1. The number of rotatable bonds is 2. The highest BCUT2D eigenvalue weighted by molar-refractivity contribution is 6.22. The van der Waals surface area contributed by atoms with Gasteiger partial charge in [0.05, 0.1) is 23.4 Å². The number of nitrogens with zero attached hydrogens (tertiary/aromatic N) is 2. The lowest BCUT2D eigenvalue weighted by molar-refractivity contribution is 0.0549. The zero-order valence-electron chi connectivity index (χ0n) is 16.1. The van der Waals surface area contributed by atoms with E-state index in [1.54, 1.807) is 23.1 Å². The van der Waals surface area contributed by atoms with Gasteiger partial charge in [0.25, 0.3) is 17.7 Å². The highest BCUT2D eigenvalue weighted by Crippen LogP contribution is 2.34. The second kappa shape index (κ2) is 7.03. The molecule has 0 N–H and O–H groups in total. The molecule has 2 aromatic carbocycles. The van der Waals surface area contributed by atoms with Crippen molar-refractivity contribution in [3.05, 3.63) is 59.2 Å². The van der Waals surface area contributed by atoms with Gasteiger partial charge in [-0.3, -0.25) is 19.3 Å². The standard InChI is InChI=1S/C23H22N2O4/c26-21(24-12-13-29-20-9-5-4-8-19(20)24)15-10-11-17-18(14-15)23(28)25(22(17)27)16-6-2-1-3-7-16/h4-5,8-11,14,16H,1-3,6-7,12-13H2. The largest absolute Gasteiger partial charge is 0.490 e. The molecule has 1 aliphatic carbocycles. The van der Waals surface area contributed by atoms with Crippen LogP contribution >= 0.6 is 0 Å². The fourth-order valence-electron chi connectivity index (χ4n) is 4.60. The number of anilines is 1. The van der Waals surface area contributed by atoms with Crippen LogP contribution in [0.3, 0.4) is 0 Å². The summed E-state index contributed by atoms with van der Waals surface area (Å²) >= 11 is 0. The number of para-hydroxylation sites is 2. The van der Waals surface area contributed by atoms with Crippen molar-refractivity contribution < 1.29 is 19.1 Å². The Balaban J connectivity index is 1.45. The third-order valence-corrected chi connectivity index (χ3v) is 6.08. The van der Waals surface area contributed by atoms with Gasteiger partial charge in [0.15, 0.2) is 0 Å². The Hall–Kier alpha value is -3.15. The maximum Gasteiger partial charge on any atom is 0.261 e. The lowest BCUT2D eigenvalue weighted by Crippen LogP contribution is -2.40. The van der Waals surface area contributed by atoms with Crippen LogP contribution in [-0.2, 0) is 0 Å². The van der Waals surface area contributed by atoms with Crippen LogP contribution in [0, 0.1) is 0 Å². The third-order valence-electron chi connectivity index (χ3n) is 6.08. The number of ether oxygens (including phenoxy) is 1. The molecule has 3 aliphatic rings. The summed E-state index contributed by atoms with van der Waals surface area (Å²) in [6, 6.07) is 12.2. The number of hydrogen-bond acceptors (Lipinski definition) is 4. The molecule has 2 heterocycles. The van der Waals surface area contributed by atoms with Crippen molar-refractivity contribution >= 4 is 23.4 Å². The highest BCUT2D eigenvalue weighted by atomic mass is 16.5. The molecule has 0 aromatic heterocycles. The van der Waals surface area contributed by atoms with E-state index in [4.69, 9.17) is 4.74 Å². The molecule has 148 valence electrons. The van der Waals surface area contributed by atoms with E-state index in [0.29, 0.717) is 35.6 Å². The first-order valence-corrected chi connectivity index (χ1v) is 10.2. The Morgan fingerprint density at radius 3 is 2.52 bits per heavy atom. The van der Waals surface area contributed by atoms with E-state index in [9.17, 15) is 14.4 Å². The smallest absolute Gasteiger partial charge is 0.261 e. The summed E-state index contributed by atoms with van der Waals surface area (Å²) in [7, 11) is 0. The normalized spacial score (nSPS) is 19.0. The highest BCUT2D eigenvalue weighted by Gasteiger charge is 2.40. The van der Waals surface area contributed by atoms with Gasteiger partial charge in [-0.05, 0) is 43.2 Å². The molecule has 5 rings (SSSR count). The van der Waals surface area contributed by atoms with Gasteiger partial charge in [-0.2, -0.15) is 0 Å². The fourth-order valence-corrected chi connectivity index (χ4v) is 4.60. The second-order valence-corrected chi connectivity index (χ2v) is 7.81. The van der Waals surface area contributed by atoms with E-state index in [2.05, 4.69) is 0 Å². The van der Waals surface area contributed by atoms with Crippen LogP contribution in [0.2, 0.25) is 0 Å². The minimum Gasteiger partial charge on any atom is -0.490 e. The van der Waals surface area contributed by atoms with Crippen LogP contribution < -0.4 is 9.64 Å². The summed E-state index contributed by atoms with van der Waals surface area (Å²) in [6.45, 7) is 0.856. The summed E-state index contributed by atoms with van der Waals surface area (Å²) in [4.78, 5) is 42.1. The van der Waals surface area contributed by atoms with E-state index < -0.39 is 0 Å². The minimum absolute atomic E-state index is 0.0265. The van der Waals surface area contributed by atoms with E-state index in [1.807, 2.05) is 24.3 Å². The lowest BCUT2D eigenvalue weighted by atomic mass is 9.94. The van der Waals surface area contributed by atoms with Crippen LogP contribution in [0.4, 0.5) is 5.69 Å². The number of carbonyl (C=O) groups excluding carboxylic acids is 3. The van der Waals surface area contributed by atoms with Crippen molar-refractivity contribution in [2.45, 2.75) is 38.1 Å². The fraction of sp³-hybridized carbons (Fsp3) is 0.348. The van der Waals surface area contributed by atoms with E-state index in [1.165, 1.54) is 4.90 Å². The second-order valence-electron chi connectivity index (χ2n) is 7.81. The molecule has 0 saturated heterocycles. The van der Waals surface area contributed by atoms with Gasteiger partial charge >= 0.3 is 0 Å². The van der Waals surface area contributed by atoms with E-state index in [0.717, 1.165) is 37.8 Å². The van der Waals surface area contributed by atoms with Gasteiger partial charge in [-0.15, -0.1) is 0 Å². The van der Waals surface area contributed by atoms with Crippen LogP contribution in [0.25, 0.3) is 0 Å². The van der Waals surface area contributed by atoms with Crippen LogP contribution in [-0.4, -0.2) is 41.8 Å². The number of amides is 3. The molecule has 0 unspecified atom stereocenters. The van der Waals surface area contributed by atoms with E-state index in [-0.39, 0.29) is 23.8 Å². The summed E-state index contributed by atoms with van der Waals surface area (Å²) in [5, 5.41) is 0. The first-order chi connectivity index (χ1) is 14.1. The van der Waals surface area contributed by atoms with Crippen molar-refractivity contribution in [1.29, 1.82) is 0 Å². The van der Waals surface area contributed by atoms with Gasteiger partial charge in [0, 0.05) is 11.6 Å². The van der Waals surface area contributed by atoms with Crippen molar-refractivity contribution in [1.82, 2.24) is 4.90 Å².